The smallest absolute Gasteiger partial charge is 0.320 e. The number of ether oxygens (including phenoxy) is 1. The van der Waals surface area contributed by atoms with Crippen LogP contribution in [0.4, 0.5) is 0 Å². The Balaban J connectivity index is 1.70. The molecule has 1 saturated heterocycles. The number of aromatic nitrogens is 1. The van der Waals surface area contributed by atoms with Crippen LogP contribution in [0, 0.1) is 0 Å². The van der Waals surface area contributed by atoms with Gasteiger partial charge in [-0.1, -0.05) is 17.3 Å². The Morgan fingerprint density at radius 2 is 2.27 bits per heavy atom. The minimum atomic E-state index is -0.309. The second kappa shape index (κ2) is 6.39. The van der Waals surface area contributed by atoms with E-state index < -0.39 is 0 Å². The van der Waals surface area contributed by atoms with E-state index in [0.29, 0.717) is 24.4 Å². The summed E-state index contributed by atoms with van der Waals surface area (Å²) in [5.41, 5.74) is 1.31. The van der Waals surface area contributed by atoms with Crippen molar-refractivity contribution in [2.24, 2.45) is 0 Å². The zero-order valence-corrected chi connectivity index (χ0v) is 13.0. The highest BCUT2D eigenvalue weighted by atomic mass is 32.2. The summed E-state index contributed by atoms with van der Waals surface area (Å²) in [7, 11) is 1.37. The van der Waals surface area contributed by atoms with Crippen molar-refractivity contribution >= 4 is 34.6 Å². The summed E-state index contributed by atoms with van der Waals surface area (Å²) < 4.78 is 9.97. The topological polar surface area (TPSA) is 72.6 Å². The van der Waals surface area contributed by atoms with E-state index in [1.165, 1.54) is 18.9 Å². The van der Waals surface area contributed by atoms with Gasteiger partial charge in [-0.25, -0.2) is 0 Å². The number of nitrogens with zero attached hydrogens (tertiary/aromatic N) is 2. The van der Waals surface area contributed by atoms with Crippen molar-refractivity contribution in [2.45, 2.75) is 11.7 Å². The Kier molecular flexibility index (Phi) is 4.33. The molecule has 1 aromatic carbocycles. The molecule has 116 valence electrons. The maximum absolute atomic E-state index is 12.4. The van der Waals surface area contributed by atoms with Crippen LogP contribution < -0.4 is 0 Å². The molecule has 7 heteroatoms. The van der Waals surface area contributed by atoms with Crippen LogP contribution in [0.1, 0.15) is 5.69 Å². The Hall–Kier alpha value is -2.02. The molecule has 2 aromatic rings. The van der Waals surface area contributed by atoms with Crippen LogP contribution in [0.25, 0.3) is 11.0 Å². The number of benzene rings is 1. The second-order valence-electron chi connectivity index (χ2n) is 5.02. The molecule has 0 radical (unpaired) electrons. The van der Waals surface area contributed by atoms with Crippen molar-refractivity contribution in [3.8, 4) is 0 Å². The van der Waals surface area contributed by atoms with E-state index in [0.717, 1.165) is 11.1 Å². The largest absolute Gasteiger partial charge is 0.468 e. The molecule has 0 aliphatic carbocycles. The molecule has 1 amide bonds. The van der Waals surface area contributed by atoms with Crippen LogP contribution >= 0.6 is 11.8 Å². The van der Waals surface area contributed by atoms with E-state index in [4.69, 9.17) is 9.26 Å². The molecule has 2 heterocycles. The normalized spacial score (nSPS) is 18.4. The number of carbonyl (C=O) groups excluding carboxylic acids is 2. The summed E-state index contributed by atoms with van der Waals surface area (Å²) in [6.07, 6.45) is 0.176. The first-order chi connectivity index (χ1) is 10.7. The third-order valence-corrected chi connectivity index (χ3v) is 4.82. The Labute approximate surface area is 131 Å². The molecule has 1 aliphatic heterocycles. The van der Waals surface area contributed by atoms with Gasteiger partial charge in [0.25, 0.3) is 0 Å². The van der Waals surface area contributed by atoms with Crippen molar-refractivity contribution in [3.05, 3.63) is 30.0 Å². The predicted molar refractivity (Wildman–Crippen MR) is 82.6 cm³/mol. The molecule has 1 aliphatic rings. The fourth-order valence-corrected chi connectivity index (χ4v) is 3.60. The van der Waals surface area contributed by atoms with Gasteiger partial charge >= 0.3 is 5.97 Å². The first-order valence-corrected chi connectivity index (χ1v) is 8.04. The standard InChI is InChI=1S/C15H16N2O4S/c1-20-15(19)13-9-17(6-7-22-13)14(18)8-11-10-4-2-3-5-12(10)21-16-11/h2-5,13H,6-9H2,1H3/t13-/m1/s1. The van der Waals surface area contributed by atoms with Gasteiger partial charge in [0.05, 0.1) is 13.5 Å². The van der Waals surface area contributed by atoms with Crippen LogP contribution in [0.3, 0.4) is 0 Å². The molecule has 0 unspecified atom stereocenters. The zero-order chi connectivity index (χ0) is 15.5. The quantitative estimate of drug-likeness (QED) is 0.798. The number of thioether (sulfide) groups is 1. The molecule has 0 N–H and O–H groups in total. The summed E-state index contributed by atoms with van der Waals surface area (Å²) in [5, 5.41) is 4.53. The molecule has 0 saturated carbocycles. The first kappa shape index (κ1) is 14.9. The van der Waals surface area contributed by atoms with Crippen LogP contribution in [-0.4, -0.2) is 53.1 Å². The Bertz CT molecular complexity index is 700. The van der Waals surface area contributed by atoms with E-state index in [9.17, 15) is 9.59 Å². The van der Waals surface area contributed by atoms with Gasteiger partial charge in [-0.3, -0.25) is 9.59 Å². The maximum Gasteiger partial charge on any atom is 0.320 e. The number of rotatable bonds is 3. The third-order valence-electron chi connectivity index (χ3n) is 3.65. The summed E-state index contributed by atoms with van der Waals surface area (Å²) >= 11 is 1.52. The number of carbonyl (C=O) groups is 2. The van der Waals surface area contributed by atoms with Gasteiger partial charge in [-0.15, -0.1) is 11.8 Å². The van der Waals surface area contributed by atoms with Crippen LogP contribution in [-0.2, 0) is 20.7 Å². The van der Waals surface area contributed by atoms with Crippen LogP contribution in [0.2, 0.25) is 0 Å². The molecule has 1 fully saturated rings. The molecule has 6 nitrogen and oxygen atoms in total. The molecule has 22 heavy (non-hydrogen) atoms. The fourth-order valence-electron chi connectivity index (χ4n) is 2.47. The van der Waals surface area contributed by atoms with Gasteiger partial charge in [-0.05, 0) is 12.1 Å². The van der Waals surface area contributed by atoms with Crippen LogP contribution in [0.5, 0.6) is 0 Å². The lowest BCUT2D eigenvalue weighted by molar-refractivity contribution is -0.141. The summed E-state index contributed by atoms with van der Waals surface area (Å²) in [4.78, 5) is 25.8. The van der Waals surface area contributed by atoms with E-state index in [1.54, 1.807) is 4.90 Å². The number of hydrogen-bond acceptors (Lipinski definition) is 6. The molecule has 3 rings (SSSR count). The maximum atomic E-state index is 12.4. The number of amides is 1. The van der Waals surface area contributed by atoms with Crippen molar-refractivity contribution < 1.29 is 18.8 Å². The number of methoxy groups -OCH3 is 1. The lowest BCUT2D eigenvalue weighted by Gasteiger charge is -2.30. The number of fused-ring (bicyclic) bond motifs is 1. The third kappa shape index (κ3) is 2.94. The number of esters is 1. The average Bonchev–Trinajstić information content (AvgIpc) is 2.97. The van der Waals surface area contributed by atoms with Gasteiger partial charge in [-0.2, -0.15) is 0 Å². The van der Waals surface area contributed by atoms with E-state index in [1.807, 2.05) is 24.3 Å². The van der Waals surface area contributed by atoms with Crippen molar-refractivity contribution in [3.63, 3.8) is 0 Å². The number of para-hydroxylation sites is 1. The highest BCUT2D eigenvalue weighted by molar-refractivity contribution is 8.00. The van der Waals surface area contributed by atoms with Gasteiger partial charge in [0.1, 0.15) is 10.9 Å². The van der Waals surface area contributed by atoms with E-state index in [2.05, 4.69) is 5.16 Å². The summed E-state index contributed by atoms with van der Waals surface area (Å²) in [6, 6.07) is 7.46. The van der Waals surface area contributed by atoms with Crippen molar-refractivity contribution in [1.82, 2.24) is 10.1 Å². The van der Waals surface area contributed by atoms with E-state index >= 15 is 0 Å². The lowest BCUT2D eigenvalue weighted by Crippen LogP contribution is -2.45. The van der Waals surface area contributed by atoms with Gasteiger partial charge in [0, 0.05) is 24.2 Å². The van der Waals surface area contributed by atoms with E-state index in [-0.39, 0.29) is 23.5 Å². The van der Waals surface area contributed by atoms with Crippen molar-refractivity contribution in [2.75, 3.05) is 26.0 Å². The summed E-state index contributed by atoms with van der Waals surface area (Å²) in [5.74, 6) is 0.396. The van der Waals surface area contributed by atoms with Gasteiger partial charge in [0.15, 0.2) is 5.58 Å². The summed E-state index contributed by atoms with van der Waals surface area (Å²) in [6.45, 7) is 1.01. The van der Waals surface area contributed by atoms with Crippen molar-refractivity contribution in [1.29, 1.82) is 0 Å². The second-order valence-corrected chi connectivity index (χ2v) is 6.34. The SMILES string of the molecule is COC(=O)[C@H]1CN(C(=O)Cc2noc3ccccc23)CCS1. The molecule has 0 bridgehead atoms. The van der Waals surface area contributed by atoms with Gasteiger partial charge in [0.2, 0.25) is 5.91 Å². The zero-order valence-electron chi connectivity index (χ0n) is 12.2. The average molecular weight is 320 g/mol. The first-order valence-electron chi connectivity index (χ1n) is 6.99. The monoisotopic (exact) mass is 320 g/mol. The number of hydrogen-bond donors (Lipinski definition) is 0. The minimum Gasteiger partial charge on any atom is -0.468 e. The molecular formula is C15H16N2O4S. The Morgan fingerprint density at radius 3 is 3.09 bits per heavy atom. The fraction of sp³-hybridized carbons (Fsp3) is 0.400. The lowest BCUT2D eigenvalue weighted by atomic mass is 10.1. The molecular weight excluding hydrogens is 304 g/mol. The van der Waals surface area contributed by atoms with Crippen LogP contribution in [0.15, 0.2) is 28.8 Å². The predicted octanol–water partition coefficient (Wildman–Crippen LogP) is 1.49. The highest BCUT2D eigenvalue weighted by Gasteiger charge is 2.30. The molecule has 1 atom stereocenters. The Morgan fingerprint density at radius 1 is 1.45 bits per heavy atom. The van der Waals surface area contributed by atoms with Gasteiger partial charge < -0.3 is 14.2 Å². The minimum absolute atomic E-state index is 0.0479. The molecule has 0 spiro atoms. The highest BCUT2D eigenvalue weighted by Crippen LogP contribution is 2.22. The molecule has 1 aromatic heterocycles.